The number of nitrogens with zero attached hydrogens (tertiary/aromatic N) is 1. The Balaban J connectivity index is 2.05. The molecule has 0 fully saturated rings. The van der Waals surface area contributed by atoms with Gasteiger partial charge in [0.1, 0.15) is 17.0 Å². The van der Waals surface area contributed by atoms with Gasteiger partial charge in [0.25, 0.3) is 0 Å². The van der Waals surface area contributed by atoms with Gasteiger partial charge >= 0.3 is 0 Å². The summed E-state index contributed by atoms with van der Waals surface area (Å²) in [5, 5.41) is 1.32. The number of hydrogen-bond acceptors (Lipinski definition) is 2. The smallest absolute Gasteiger partial charge is 0.147 e. The van der Waals surface area contributed by atoms with Crippen molar-refractivity contribution in [1.29, 1.82) is 0 Å². The minimum absolute atomic E-state index is 0.270. The van der Waals surface area contributed by atoms with Crippen LogP contribution in [0.25, 0.3) is 33.2 Å². The molecule has 4 aromatic rings. The van der Waals surface area contributed by atoms with Gasteiger partial charge in [-0.1, -0.05) is 32.0 Å². The van der Waals surface area contributed by atoms with Crippen LogP contribution in [0.5, 0.6) is 0 Å². The van der Waals surface area contributed by atoms with E-state index in [1.165, 1.54) is 11.6 Å². The quantitative estimate of drug-likeness (QED) is 0.460. The minimum Gasteiger partial charge on any atom is -0.455 e. The van der Waals surface area contributed by atoms with Crippen molar-refractivity contribution in [2.24, 2.45) is 0 Å². The first kappa shape index (κ1) is 13.9. The molecular weight excluding hydrogens is 289 g/mol. The van der Waals surface area contributed by atoms with Crippen molar-refractivity contribution in [3.05, 3.63) is 66.1 Å². The number of halogens is 1. The maximum absolute atomic E-state index is 14.4. The van der Waals surface area contributed by atoms with Crippen LogP contribution in [0, 0.1) is 5.82 Å². The summed E-state index contributed by atoms with van der Waals surface area (Å²) in [6, 6.07) is 14.8. The Morgan fingerprint density at radius 1 is 1.04 bits per heavy atom. The third-order valence-corrected chi connectivity index (χ3v) is 4.20. The Morgan fingerprint density at radius 3 is 2.70 bits per heavy atom. The Bertz CT molecular complexity index is 1020. The molecule has 114 valence electrons. The van der Waals surface area contributed by atoms with Crippen LogP contribution in [0.3, 0.4) is 0 Å². The molecule has 0 atom stereocenters. The summed E-state index contributed by atoms with van der Waals surface area (Å²) < 4.78 is 20.3. The number of hydrogen-bond donors (Lipinski definition) is 0. The number of aromatic nitrogens is 1. The lowest BCUT2D eigenvalue weighted by Crippen LogP contribution is -1.91. The van der Waals surface area contributed by atoms with Crippen LogP contribution in [0.1, 0.15) is 25.3 Å². The normalized spacial score (nSPS) is 11.7. The van der Waals surface area contributed by atoms with Gasteiger partial charge in [0.05, 0.1) is 11.1 Å². The summed E-state index contributed by atoms with van der Waals surface area (Å²) in [4.78, 5) is 4.46. The highest BCUT2D eigenvalue weighted by molar-refractivity contribution is 6.09. The fourth-order valence-electron chi connectivity index (χ4n) is 2.94. The molecule has 2 aromatic carbocycles. The van der Waals surface area contributed by atoms with E-state index in [2.05, 4.69) is 18.8 Å². The molecule has 2 aromatic heterocycles. The van der Waals surface area contributed by atoms with Gasteiger partial charge in [-0.05, 0) is 41.8 Å². The van der Waals surface area contributed by atoms with Gasteiger partial charge in [-0.25, -0.2) is 4.39 Å². The summed E-state index contributed by atoms with van der Waals surface area (Å²) in [5.74, 6) is 0.136. The van der Waals surface area contributed by atoms with E-state index in [1.807, 2.05) is 36.4 Å². The van der Waals surface area contributed by atoms with E-state index in [9.17, 15) is 4.39 Å². The predicted octanol–water partition coefficient (Wildman–Crippen LogP) is 5.91. The third-order valence-electron chi connectivity index (χ3n) is 4.20. The zero-order valence-corrected chi connectivity index (χ0v) is 13.0. The summed E-state index contributed by atoms with van der Waals surface area (Å²) in [7, 11) is 0. The van der Waals surface area contributed by atoms with E-state index < -0.39 is 0 Å². The fraction of sp³-hybridized carbons (Fsp3) is 0.150. The van der Waals surface area contributed by atoms with Crippen LogP contribution < -0.4 is 0 Å². The van der Waals surface area contributed by atoms with Crippen molar-refractivity contribution < 1.29 is 8.81 Å². The lowest BCUT2D eigenvalue weighted by atomic mass is 10.0. The standard InChI is InChI=1S/C20H16FNO/c1-12(2)13-9-10-22-17(11-13)14-7-8-16(21)19-15-5-3-4-6-18(15)23-20(14)19/h3-12H,1-2H3. The highest BCUT2D eigenvalue weighted by Crippen LogP contribution is 2.37. The summed E-state index contributed by atoms with van der Waals surface area (Å²) in [6.45, 7) is 4.28. The molecule has 3 heteroatoms. The molecule has 0 bridgehead atoms. The third kappa shape index (κ3) is 2.20. The highest BCUT2D eigenvalue weighted by atomic mass is 19.1. The summed E-state index contributed by atoms with van der Waals surface area (Å²) >= 11 is 0. The van der Waals surface area contributed by atoms with E-state index in [0.29, 0.717) is 22.5 Å². The van der Waals surface area contributed by atoms with Gasteiger partial charge in [-0.2, -0.15) is 0 Å². The molecule has 23 heavy (non-hydrogen) atoms. The Kier molecular flexibility index (Phi) is 3.15. The topological polar surface area (TPSA) is 26.0 Å². The Hall–Kier alpha value is -2.68. The van der Waals surface area contributed by atoms with Crippen molar-refractivity contribution in [1.82, 2.24) is 4.98 Å². The fourth-order valence-corrected chi connectivity index (χ4v) is 2.94. The van der Waals surface area contributed by atoms with Gasteiger partial charge in [0, 0.05) is 17.1 Å². The lowest BCUT2D eigenvalue weighted by molar-refractivity contribution is 0.634. The van der Waals surface area contributed by atoms with Crippen molar-refractivity contribution in [2.45, 2.75) is 19.8 Å². The average Bonchev–Trinajstić information content (AvgIpc) is 2.95. The van der Waals surface area contributed by atoms with Crippen LogP contribution in [-0.2, 0) is 0 Å². The Labute approximate surface area is 133 Å². The predicted molar refractivity (Wildman–Crippen MR) is 91.0 cm³/mol. The van der Waals surface area contributed by atoms with Crippen LogP contribution in [0.15, 0.2) is 59.1 Å². The zero-order chi connectivity index (χ0) is 16.0. The van der Waals surface area contributed by atoms with Crippen molar-refractivity contribution in [3.8, 4) is 11.3 Å². The molecule has 0 aliphatic rings. The molecule has 0 N–H and O–H groups in total. The molecule has 0 radical (unpaired) electrons. The molecule has 0 spiro atoms. The van der Waals surface area contributed by atoms with Crippen LogP contribution in [0.2, 0.25) is 0 Å². The zero-order valence-electron chi connectivity index (χ0n) is 13.0. The van der Waals surface area contributed by atoms with Crippen LogP contribution in [0.4, 0.5) is 4.39 Å². The molecule has 0 aliphatic carbocycles. The maximum Gasteiger partial charge on any atom is 0.147 e. The first-order valence-corrected chi connectivity index (χ1v) is 7.71. The Morgan fingerprint density at radius 2 is 1.87 bits per heavy atom. The summed E-state index contributed by atoms with van der Waals surface area (Å²) in [6.07, 6.45) is 1.79. The highest BCUT2D eigenvalue weighted by Gasteiger charge is 2.16. The molecule has 2 heterocycles. The molecule has 0 aliphatic heterocycles. The van der Waals surface area contributed by atoms with Crippen molar-refractivity contribution in [2.75, 3.05) is 0 Å². The number of fused-ring (bicyclic) bond motifs is 3. The number of benzene rings is 2. The van der Waals surface area contributed by atoms with Crippen molar-refractivity contribution >= 4 is 21.9 Å². The molecule has 4 rings (SSSR count). The van der Waals surface area contributed by atoms with E-state index in [0.717, 1.165) is 16.6 Å². The first-order chi connectivity index (χ1) is 11.1. The van der Waals surface area contributed by atoms with Gasteiger partial charge in [0.15, 0.2) is 0 Å². The van der Waals surface area contributed by atoms with Gasteiger partial charge < -0.3 is 4.42 Å². The van der Waals surface area contributed by atoms with Crippen molar-refractivity contribution in [3.63, 3.8) is 0 Å². The van der Waals surface area contributed by atoms with E-state index >= 15 is 0 Å². The second-order valence-corrected chi connectivity index (χ2v) is 6.03. The first-order valence-electron chi connectivity index (χ1n) is 7.71. The molecule has 0 amide bonds. The number of pyridine rings is 1. The second kappa shape index (κ2) is 5.20. The van der Waals surface area contributed by atoms with E-state index in [-0.39, 0.29) is 5.82 Å². The molecule has 2 nitrogen and oxygen atoms in total. The maximum atomic E-state index is 14.4. The average molecular weight is 305 g/mol. The molecule has 0 saturated carbocycles. The van der Waals surface area contributed by atoms with E-state index in [1.54, 1.807) is 12.3 Å². The van der Waals surface area contributed by atoms with Crippen LogP contribution >= 0.6 is 0 Å². The number of para-hydroxylation sites is 1. The largest absolute Gasteiger partial charge is 0.455 e. The molecule has 0 saturated heterocycles. The number of rotatable bonds is 2. The molecular formula is C20H16FNO. The number of furan rings is 1. The second-order valence-electron chi connectivity index (χ2n) is 6.03. The molecule has 0 unspecified atom stereocenters. The monoisotopic (exact) mass is 305 g/mol. The SMILES string of the molecule is CC(C)c1ccnc(-c2ccc(F)c3c2oc2ccccc23)c1. The van der Waals surface area contributed by atoms with Crippen LogP contribution in [-0.4, -0.2) is 4.98 Å². The van der Waals surface area contributed by atoms with Gasteiger partial charge in [-0.3, -0.25) is 4.98 Å². The minimum atomic E-state index is -0.270. The van der Waals surface area contributed by atoms with Gasteiger partial charge in [0.2, 0.25) is 0 Å². The summed E-state index contributed by atoms with van der Waals surface area (Å²) in [5.41, 5.74) is 4.07. The van der Waals surface area contributed by atoms with Gasteiger partial charge in [-0.15, -0.1) is 0 Å². The van der Waals surface area contributed by atoms with E-state index in [4.69, 9.17) is 4.42 Å². The lowest BCUT2D eigenvalue weighted by Gasteiger charge is -2.08.